The third-order valence-electron chi connectivity index (χ3n) is 3.85. The van der Waals surface area contributed by atoms with Crippen molar-refractivity contribution >= 4 is 27.4 Å². The minimum atomic E-state index is -3.76. The maximum Gasteiger partial charge on any atom is 0.319 e. The largest absolute Gasteiger partial charge is 0.384 e. The lowest BCUT2D eigenvalue weighted by Crippen LogP contribution is -2.28. The van der Waals surface area contributed by atoms with Crippen LogP contribution in [-0.2, 0) is 16.4 Å². The predicted octanol–water partition coefficient (Wildman–Crippen LogP) is 2.96. The Balaban J connectivity index is 1.63. The van der Waals surface area contributed by atoms with Gasteiger partial charge in [-0.3, -0.25) is 0 Å². The highest BCUT2D eigenvalue weighted by Crippen LogP contribution is 2.22. The number of benzene rings is 2. The standard InChI is InChI=1S/C19H17FN4O3S/c20-14-2-6-16(7-3-14)28(26,27)17-8-4-15(5-9-17)24-19(25)23-12-13-1-10-18(21)22-11-13/h1-11H,12H2,(H2,21,22)(H2,23,24,25). The number of nitrogens with two attached hydrogens (primary N) is 1. The van der Waals surface area contributed by atoms with E-state index < -0.39 is 21.7 Å². The number of hydrogen-bond donors (Lipinski definition) is 3. The van der Waals surface area contributed by atoms with Crippen molar-refractivity contribution in [2.75, 3.05) is 11.1 Å². The molecule has 28 heavy (non-hydrogen) atoms. The molecule has 0 fully saturated rings. The van der Waals surface area contributed by atoms with Crippen LogP contribution in [0.5, 0.6) is 0 Å². The van der Waals surface area contributed by atoms with E-state index in [9.17, 15) is 17.6 Å². The van der Waals surface area contributed by atoms with Crippen molar-refractivity contribution in [3.8, 4) is 0 Å². The lowest BCUT2D eigenvalue weighted by molar-refractivity contribution is 0.251. The highest BCUT2D eigenvalue weighted by molar-refractivity contribution is 7.91. The average Bonchev–Trinajstić information content (AvgIpc) is 2.68. The SMILES string of the molecule is Nc1ccc(CNC(=O)Nc2ccc(S(=O)(=O)c3ccc(F)cc3)cc2)cn1. The molecule has 7 nitrogen and oxygen atoms in total. The number of rotatable bonds is 5. The minimum Gasteiger partial charge on any atom is -0.384 e. The summed E-state index contributed by atoms with van der Waals surface area (Å²) in [6.07, 6.45) is 1.56. The van der Waals surface area contributed by atoms with Crippen molar-refractivity contribution in [1.29, 1.82) is 0 Å². The second kappa shape index (κ2) is 8.05. The predicted molar refractivity (Wildman–Crippen MR) is 103 cm³/mol. The van der Waals surface area contributed by atoms with Crippen LogP contribution < -0.4 is 16.4 Å². The Labute approximate surface area is 161 Å². The zero-order valence-corrected chi connectivity index (χ0v) is 15.4. The lowest BCUT2D eigenvalue weighted by atomic mass is 10.3. The summed E-state index contributed by atoms with van der Waals surface area (Å²) in [5, 5.41) is 5.27. The maximum atomic E-state index is 13.0. The topological polar surface area (TPSA) is 114 Å². The Bertz CT molecular complexity index is 1070. The summed E-state index contributed by atoms with van der Waals surface area (Å²) >= 11 is 0. The number of sulfone groups is 1. The molecule has 0 aliphatic rings. The number of hydrogen-bond acceptors (Lipinski definition) is 5. The van der Waals surface area contributed by atoms with Crippen LogP contribution in [0.4, 0.5) is 20.7 Å². The van der Waals surface area contributed by atoms with Crippen molar-refractivity contribution in [1.82, 2.24) is 10.3 Å². The second-order valence-corrected chi connectivity index (χ2v) is 7.83. The van der Waals surface area contributed by atoms with Gasteiger partial charge in [-0.2, -0.15) is 0 Å². The number of aromatic nitrogens is 1. The molecule has 1 heterocycles. The highest BCUT2D eigenvalue weighted by Gasteiger charge is 2.17. The lowest BCUT2D eigenvalue weighted by Gasteiger charge is -2.09. The van der Waals surface area contributed by atoms with E-state index in [0.717, 1.165) is 17.7 Å². The first-order chi connectivity index (χ1) is 13.3. The number of pyridine rings is 1. The van der Waals surface area contributed by atoms with Gasteiger partial charge in [-0.25, -0.2) is 22.6 Å². The molecule has 0 aliphatic carbocycles. The summed E-state index contributed by atoms with van der Waals surface area (Å²) in [5.41, 5.74) is 6.71. The number of nitrogens with zero attached hydrogens (tertiary/aromatic N) is 1. The third-order valence-corrected chi connectivity index (χ3v) is 5.63. The Morgan fingerprint density at radius 3 is 2.14 bits per heavy atom. The van der Waals surface area contributed by atoms with Gasteiger partial charge in [-0.05, 0) is 60.2 Å². The van der Waals surface area contributed by atoms with Crippen molar-refractivity contribution in [2.45, 2.75) is 16.3 Å². The summed E-state index contributed by atoms with van der Waals surface area (Å²) in [7, 11) is -3.76. The molecule has 9 heteroatoms. The van der Waals surface area contributed by atoms with Crippen LogP contribution in [0.3, 0.4) is 0 Å². The third kappa shape index (κ3) is 4.63. The molecule has 3 aromatic rings. The summed E-state index contributed by atoms with van der Waals surface area (Å²) < 4.78 is 38.0. The molecule has 0 bridgehead atoms. The van der Waals surface area contributed by atoms with Gasteiger partial charge in [-0.1, -0.05) is 6.07 Å². The molecule has 2 amide bonds. The molecule has 0 spiro atoms. The van der Waals surface area contributed by atoms with E-state index in [1.54, 1.807) is 18.3 Å². The smallest absolute Gasteiger partial charge is 0.319 e. The molecule has 1 aromatic heterocycles. The summed E-state index contributed by atoms with van der Waals surface area (Å²) in [6.45, 7) is 0.260. The van der Waals surface area contributed by atoms with E-state index in [4.69, 9.17) is 5.73 Å². The van der Waals surface area contributed by atoms with Crippen molar-refractivity contribution in [3.63, 3.8) is 0 Å². The molecule has 0 radical (unpaired) electrons. The van der Waals surface area contributed by atoms with E-state index in [0.29, 0.717) is 11.5 Å². The van der Waals surface area contributed by atoms with Crippen LogP contribution in [0.25, 0.3) is 0 Å². The van der Waals surface area contributed by atoms with Gasteiger partial charge in [0.15, 0.2) is 0 Å². The van der Waals surface area contributed by atoms with E-state index in [1.165, 1.54) is 36.4 Å². The number of carbonyl (C=O) groups excluding carboxylic acids is 1. The van der Waals surface area contributed by atoms with E-state index >= 15 is 0 Å². The van der Waals surface area contributed by atoms with Crippen molar-refractivity contribution in [3.05, 3.63) is 78.2 Å². The normalized spacial score (nSPS) is 11.0. The molecule has 3 rings (SSSR count). The number of nitrogens with one attached hydrogen (secondary N) is 2. The molecule has 4 N–H and O–H groups in total. The Kier molecular flexibility index (Phi) is 5.55. The number of anilines is 2. The van der Waals surface area contributed by atoms with Gasteiger partial charge < -0.3 is 16.4 Å². The molecule has 2 aromatic carbocycles. The number of halogens is 1. The fourth-order valence-electron chi connectivity index (χ4n) is 2.37. The summed E-state index contributed by atoms with van der Waals surface area (Å²) in [4.78, 5) is 15.9. The van der Waals surface area contributed by atoms with Crippen LogP contribution in [-0.4, -0.2) is 19.4 Å². The van der Waals surface area contributed by atoms with Gasteiger partial charge in [0.25, 0.3) is 0 Å². The van der Waals surface area contributed by atoms with Crippen molar-refractivity contribution in [2.24, 2.45) is 0 Å². The van der Waals surface area contributed by atoms with Gasteiger partial charge in [0.05, 0.1) is 9.79 Å². The number of urea groups is 1. The quantitative estimate of drug-likeness (QED) is 0.570. The van der Waals surface area contributed by atoms with Crippen LogP contribution in [0.2, 0.25) is 0 Å². The number of carbonyl (C=O) groups is 1. The molecule has 0 saturated heterocycles. The van der Waals surface area contributed by atoms with Gasteiger partial charge in [0.2, 0.25) is 9.84 Å². The van der Waals surface area contributed by atoms with E-state index in [2.05, 4.69) is 15.6 Å². The first-order valence-corrected chi connectivity index (χ1v) is 9.69. The van der Waals surface area contributed by atoms with Crippen molar-refractivity contribution < 1.29 is 17.6 Å². The summed E-state index contributed by atoms with van der Waals surface area (Å²) in [5.74, 6) is -0.122. The molecule has 0 aliphatic heterocycles. The van der Waals surface area contributed by atoms with E-state index in [1.807, 2.05) is 0 Å². The first-order valence-electron chi connectivity index (χ1n) is 8.20. The van der Waals surface area contributed by atoms with Gasteiger partial charge in [-0.15, -0.1) is 0 Å². The molecule has 0 atom stereocenters. The van der Waals surface area contributed by atoms with Gasteiger partial charge >= 0.3 is 6.03 Å². The zero-order chi connectivity index (χ0) is 20.1. The first kappa shape index (κ1) is 19.3. The van der Waals surface area contributed by atoms with Crippen LogP contribution in [0.15, 0.2) is 76.7 Å². The zero-order valence-electron chi connectivity index (χ0n) is 14.6. The second-order valence-electron chi connectivity index (χ2n) is 5.88. The fraction of sp³-hybridized carbons (Fsp3) is 0.0526. The molecule has 0 saturated carbocycles. The number of amides is 2. The molecular formula is C19H17FN4O3S. The molecule has 0 unspecified atom stereocenters. The van der Waals surface area contributed by atoms with Crippen LogP contribution >= 0.6 is 0 Å². The molecule has 144 valence electrons. The summed E-state index contributed by atoms with van der Waals surface area (Å²) in [6, 6.07) is 13.2. The van der Waals surface area contributed by atoms with Gasteiger partial charge in [0, 0.05) is 18.4 Å². The van der Waals surface area contributed by atoms with E-state index in [-0.39, 0.29) is 16.3 Å². The Morgan fingerprint density at radius 2 is 1.57 bits per heavy atom. The Hall–Kier alpha value is -3.46. The molecular weight excluding hydrogens is 383 g/mol. The fourth-order valence-corrected chi connectivity index (χ4v) is 3.63. The monoisotopic (exact) mass is 400 g/mol. The van der Waals surface area contributed by atoms with Crippen LogP contribution in [0, 0.1) is 5.82 Å². The minimum absolute atomic E-state index is 0.00976. The number of nitrogen functional groups attached to an aromatic ring is 1. The average molecular weight is 400 g/mol. The Morgan fingerprint density at radius 1 is 0.964 bits per heavy atom. The maximum absolute atomic E-state index is 13.0. The highest BCUT2D eigenvalue weighted by atomic mass is 32.2. The van der Waals surface area contributed by atoms with Gasteiger partial charge in [0.1, 0.15) is 11.6 Å². The van der Waals surface area contributed by atoms with Crippen LogP contribution in [0.1, 0.15) is 5.56 Å².